The summed E-state index contributed by atoms with van der Waals surface area (Å²) in [7, 11) is 0. The molecule has 0 aliphatic heterocycles. The number of rotatable bonds is 3. The van der Waals surface area contributed by atoms with E-state index in [-0.39, 0.29) is 5.41 Å². The van der Waals surface area contributed by atoms with E-state index in [9.17, 15) is 0 Å². The highest BCUT2D eigenvalue weighted by molar-refractivity contribution is 6.51. The number of alkyl halides is 2. The van der Waals surface area contributed by atoms with E-state index in [0.717, 1.165) is 6.42 Å². The van der Waals surface area contributed by atoms with Crippen molar-refractivity contribution in [2.24, 2.45) is 5.41 Å². The average Bonchev–Trinajstić information content (AvgIpc) is 2.33. The molecule has 64 valence electrons. The van der Waals surface area contributed by atoms with Gasteiger partial charge in [0.05, 0.1) is 12.9 Å². The highest BCUT2D eigenvalue weighted by atomic mass is 35.5. The van der Waals surface area contributed by atoms with Crippen molar-refractivity contribution in [2.75, 3.05) is 6.61 Å². The summed E-state index contributed by atoms with van der Waals surface area (Å²) >= 11 is 11.8. The molecule has 11 heavy (non-hydrogen) atoms. The molecule has 0 N–H and O–H groups in total. The summed E-state index contributed by atoms with van der Waals surface area (Å²) in [6, 6.07) is 0. The summed E-state index contributed by atoms with van der Waals surface area (Å²) in [4.78, 5) is 0. The summed E-state index contributed by atoms with van der Waals surface area (Å²) < 4.78 is 4.48. The first-order chi connectivity index (χ1) is 5.02. The number of hydrogen-bond acceptors (Lipinski definition) is 1. The van der Waals surface area contributed by atoms with E-state index in [1.54, 1.807) is 6.26 Å². The van der Waals surface area contributed by atoms with Crippen molar-refractivity contribution in [3.8, 4) is 0 Å². The molecule has 0 bridgehead atoms. The summed E-state index contributed by atoms with van der Waals surface area (Å²) in [5, 5.41) is 0. The van der Waals surface area contributed by atoms with Crippen LogP contribution in [-0.2, 0) is 4.74 Å². The molecule has 1 aliphatic rings. The van der Waals surface area contributed by atoms with Gasteiger partial charge in [0.15, 0.2) is 0 Å². The molecule has 0 spiro atoms. The second-order valence-electron chi connectivity index (χ2n) is 3.06. The van der Waals surface area contributed by atoms with Gasteiger partial charge in [0.1, 0.15) is 4.33 Å². The predicted octanol–water partition coefficient (Wildman–Crippen LogP) is 3.12. The Morgan fingerprint density at radius 2 is 2.09 bits per heavy atom. The molecule has 0 heterocycles. The maximum atomic E-state index is 5.89. The van der Waals surface area contributed by atoms with Gasteiger partial charge in [-0.25, -0.2) is 0 Å². The normalized spacial score (nSPS) is 34.2. The Bertz CT molecular complexity index is 177. The van der Waals surface area contributed by atoms with E-state index in [0.29, 0.717) is 6.61 Å². The molecule has 0 radical (unpaired) electrons. The molecule has 1 atom stereocenters. The van der Waals surface area contributed by atoms with Crippen LogP contribution in [0.15, 0.2) is 12.3 Å². The third-order valence-electron chi connectivity index (χ3n) is 2.00. The summed E-state index contributed by atoms with van der Waals surface area (Å²) in [5.41, 5.74) is -0.0781. The summed E-state index contributed by atoms with van der Waals surface area (Å²) in [5.74, 6) is 0. The van der Waals surface area contributed by atoms with Crippen molar-refractivity contribution in [3.63, 3.8) is 0 Å². The van der Waals surface area contributed by atoms with E-state index in [1.807, 2.05) is 19.9 Å². The molecular weight excluding hydrogens is 183 g/mol. The highest BCUT2D eigenvalue weighted by Gasteiger charge is 2.61. The number of ether oxygens (including phenoxy) is 1. The zero-order valence-corrected chi connectivity index (χ0v) is 8.24. The molecule has 0 saturated heterocycles. The van der Waals surface area contributed by atoms with Crippen LogP contribution in [0.1, 0.15) is 20.3 Å². The van der Waals surface area contributed by atoms with Gasteiger partial charge in [-0.3, -0.25) is 0 Å². The maximum absolute atomic E-state index is 5.89. The van der Waals surface area contributed by atoms with Gasteiger partial charge >= 0.3 is 0 Å². The molecular formula is C8H12Cl2O. The Labute approximate surface area is 77.3 Å². The van der Waals surface area contributed by atoms with Gasteiger partial charge < -0.3 is 4.74 Å². The van der Waals surface area contributed by atoms with Gasteiger partial charge in [-0.2, -0.15) is 0 Å². The Morgan fingerprint density at radius 3 is 2.45 bits per heavy atom. The molecule has 1 nitrogen and oxygen atoms in total. The van der Waals surface area contributed by atoms with Crippen LogP contribution >= 0.6 is 23.2 Å². The van der Waals surface area contributed by atoms with Crippen LogP contribution in [0.3, 0.4) is 0 Å². The fraction of sp³-hybridized carbons (Fsp3) is 0.750. The maximum Gasteiger partial charge on any atom is 0.128 e. The molecule has 0 amide bonds. The lowest BCUT2D eigenvalue weighted by Crippen LogP contribution is -1.99. The first kappa shape index (κ1) is 9.21. The largest absolute Gasteiger partial charge is 0.502 e. The molecule has 1 rings (SSSR count). The predicted molar refractivity (Wildman–Crippen MR) is 47.9 cm³/mol. The van der Waals surface area contributed by atoms with E-state index < -0.39 is 4.33 Å². The van der Waals surface area contributed by atoms with Crippen LogP contribution in [0.25, 0.3) is 0 Å². The Morgan fingerprint density at radius 1 is 1.55 bits per heavy atom. The number of allylic oxidation sites excluding steroid dienone is 1. The van der Waals surface area contributed by atoms with Crippen molar-refractivity contribution >= 4 is 23.2 Å². The SMILES string of the molecule is CCO/C=C/C1(C)CC1(Cl)Cl. The molecule has 0 aromatic rings. The summed E-state index contributed by atoms with van der Waals surface area (Å²) in [6.45, 7) is 4.64. The van der Waals surface area contributed by atoms with E-state index in [4.69, 9.17) is 27.9 Å². The number of halogens is 2. The first-order valence-corrected chi connectivity index (χ1v) is 4.44. The zero-order chi connectivity index (χ0) is 8.54. The topological polar surface area (TPSA) is 9.23 Å². The van der Waals surface area contributed by atoms with Crippen molar-refractivity contribution in [3.05, 3.63) is 12.3 Å². The van der Waals surface area contributed by atoms with Crippen LogP contribution < -0.4 is 0 Å². The fourth-order valence-corrected chi connectivity index (χ4v) is 1.57. The van der Waals surface area contributed by atoms with Gasteiger partial charge in [-0.05, 0) is 19.4 Å². The lowest BCUT2D eigenvalue weighted by molar-refractivity contribution is 0.266. The molecule has 1 saturated carbocycles. The van der Waals surface area contributed by atoms with E-state index >= 15 is 0 Å². The second kappa shape index (κ2) is 2.87. The quantitative estimate of drug-likeness (QED) is 0.496. The van der Waals surface area contributed by atoms with Crippen molar-refractivity contribution in [1.82, 2.24) is 0 Å². The molecule has 0 aromatic heterocycles. The molecule has 0 aromatic carbocycles. The van der Waals surface area contributed by atoms with Gasteiger partial charge in [-0.15, -0.1) is 23.2 Å². The third kappa shape index (κ3) is 1.83. The Hall–Kier alpha value is 0.120. The van der Waals surface area contributed by atoms with Gasteiger partial charge in [-0.1, -0.05) is 6.92 Å². The second-order valence-corrected chi connectivity index (χ2v) is 4.54. The third-order valence-corrected chi connectivity index (χ3v) is 3.13. The minimum absolute atomic E-state index is 0.0781. The average molecular weight is 195 g/mol. The van der Waals surface area contributed by atoms with Crippen LogP contribution in [-0.4, -0.2) is 10.9 Å². The fourth-order valence-electron chi connectivity index (χ4n) is 0.892. The summed E-state index contributed by atoms with van der Waals surface area (Å²) in [6.07, 6.45) is 4.41. The first-order valence-electron chi connectivity index (χ1n) is 3.69. The Kier molecular flexibility index (Phi) is 2.40. The minimum atomic E-state index is -0.569. The van der Waals surface area contributed by atoms with E-state index in [1.165, 1.54) is 0 Å². The highest BCUT2D eigenvalue weighted by Crippen LogP contribution is 2.64. The molecule has 1 aliphatic carbocycles. The zero-order valence-electron chi connectivity index (χ0n) is 6.73. The van der Waals surface area contributed by atoms with Gasteiger partial charge in [0, 0.05) is 5.41 Å². The molecule has 1 fully saturated rings. The van der Waals surface area contributed by atoms with Gasteiger partial charge in [0.25, 0.3) is 0 Å². The lowest BCUT2D eigenvalue weighted by atomic mass is 10.1. The van der Waals surface area contributed by atoms with Crippen LogP contribution in [0.4, 0.5) is 0 Å². The van der Waals surface area contributed by atoms with E-state index in [2.05, 4.69) is 0 Å². The Balaban J connectivity index is 2.39. The van der Waals surface area contributed by atoms with Crippen molar-refractivity contribution in [2.45, 2.75) is 24.6 Å². The standard InChI is InChI=1S/C8H12Cl2O/c1-3-11-5-4-7(2)6-8(7,9)10/h4-5H,3,6H2,1-2H3/b5-4+. The smallest absolute Gasteiger partial charge is 0.128 e. The molecule has 3 heteroatoms. The molecule has 1 unspecified atom stereocenters. The monoisotopic (exact) mass is 194 g/mol. The minimum Gasteiger partial charge on any atom is -0.502 e. The van der Waals surface area contributed by atoms with Crippen LogP contribution in [0.5, 0.6) is 0 Å². The van der Waals surface area contributed by atoms with Crippen LogP contribution in [0, 0.1) is 5.41 Å². The van der Waals surface area contributed by atoms with Crippen LogP contribution in [0.2, 0.25) is 0 Å². The van der Waals surface area contributed by atoms with Gasteiger partial charge in [0.2, 0.25) is 0 Å². The number of hydrogen-bond donors (Lipinski definition) is 0. The lowest BCUT2D eigenvalue weighted by Gasteiger charge is -2.04. The van der Waals surface area contributed by atoms with Crippen molar-refractivity contribution in [1.29, 1.82) is 0 Å². The van der Waals surface area contributed by atoms with Crippen molar-refractivity contribution < 1.29 is 4.74 Å².